The Bertz CT molecular complexity index is 461. The van der Waals surface area contributed by atoms with E-state index in [0.717, 1.165) is 5.75 Å². The highest BCUT2D eigenvalue weighted by Gasteiger charge is 2.03. The van der Waals surface area contributed by atoms with Crippen molar-refractivity contribution in [2.45, 2.75) is 6.10 Å². The minimum Gasteiger partial charge on any atom is -0.491 e. The maximum absolute atomic E-state index is 9.52. The molecule has 0 bridgehead atoms. The standard InChI is InChI=1S/C21H36O9/c22-6-7-28-18-20(23)19-29-15-14-26-11-10-24-8-9-25-12-13-27-16-17-30-21-4-2-1-3-5-21/h1-5,20,22-23H,6-19H2. The van der Waals surface area contributed by atoms with Gasteiger partial charge in [-0.3, -0.25) is 0 Å². The smallest absolute Gasteiger partial charge is 0.119 e. The predicted octanol–water partition coefficient (Wildman–Crippen LogP) is 0.518. The molecule has 2 N–H and O–H groups in total. The third kappa shape index (κ3) is 17.5. The van der Waals surface area contributed by atoms with Gasteiger partial charge in [-0.25, -0.2) is 0 Å². The second-order valence-electron chi connectivity index (χ2n) is 6.14. The van der Waals surface area contributed by atoms with Crippen LogP contribution in [0.4, 0.5) is 0 Å². The van der Waals surface area contributed by atoms with E-state index in [2.05, 4.69) is 0 Å². The maximum atomic E-state index is 9.52. The first kappa shape index (κ1) is 26.7. The highest BCUT2D eigenvalue weighted by molar-refractivity contribution is 5.20. The van der Waals surface area contributed by atoms with Crippen LogP contribution >= 0.6 is 0 Å². The van der Waals surface area contributed by atoms with E-state index in [1.54, 1.807) is 0 Å². The molecule has 0 spiro atoms. The molecule has 0 aliphatic rings. The summed E-state index contributed by atoms with van der Waals surface area (Å²) in [6, 6.07) is 9.63. The summed E-state index contributed by atoms with van der Waals surface area (Å²) in [6.07, 6.45) is -0.701. The zero-order valence-corrected chi connectivity index (χ0v) is 17.6. The lowest BCUT2D eigenvalue weighted by molar-refractivity contribution is -0.0425. The number of benzene rings is 1. The van der Waals surface area contributed by atoms with E-state index in [4.69, 9.17) is 38.3 Å². The highest BCUT2D eigenvalue weighted by atomic mass is 16.6. The number of aliphatic hydroxyl groups excluding tert-OH is 2. The van der Waals surface area contributed by atoms with Crippen LogP contribution < -0.4 is 4.74 Å². The molecule has 0 aromatic heterocycles. The number of rotatable bonds is 22. The first-order valence-corrected chi connectivity index (χ1v) is 10.3. The molecule has 0 radical (unpaired) electrons. The Morgan fingerprint density at radius 2 is 1.00 bits per heavy atom. The van der Waals surface area contributed by atoms with Gasteiger partial charge in [0.2, 0.25) is 0 Å². The van der Waals surface area contributed by atoms with Crippen LogP contribution in [0, 0.1) is 0 Å². The Kier molecular flexibility index (Phi) is 18.7. The largest absolute Gasteiger partial charge is 0.491 e. The Morgan fingerprint density at radius 1 is 0.567 bits per heavy atom. The average molecular weight is 433 g/mol. The van der Waals surface area contributed by atoms with E-state index < -0.39 is 6.10 Å². The van der Waals surface area contributed by atoms with Crippen LogP contribution in [-0.2, 0) is 28.4 Å². The summed E-state index contributed by atoms with van der Waals surface area (Å²) in [5, 5.41) is 18.1. The Hall–Kier alpha value is -1.30. The van der Waals surface area contributed by atoms with E-state index in [-0.39, 0.29) is 26.4 Å². The van der Waals surface area contributed by atoms with Crippen LogP contribution in [0.3, 0.4) is 0 Å². The summed E-state index contributed by atoms with van der Waals surface area (Å²) in [5.41, 5.74) is 0. The molecule has 1 aromatic carbocycles. The van der Waals surface area contributed by atoms with Crippen molar-refractivity contribution >= 4 is 0 Å². The summed E-state index contributed by atoms with van der Waals surface area (Å²) >= 11 is 0. The van der Waals surface area contributed by atoms with E-state index >= 15 is 0 Å². The Morgan fingerprint density at radius 3 is 1.50 bits per heavy atom. The first-order chi connectivity index (χ1) is 14.8. The number of hydrogen-bond donors (Lipinski definition) is 2. The normalized spacial score (nSPS) is 12.2. The second kappa shape index (κ2) is 21.0. The second-order valence-corrected chi connectivity index (χ2v) is 6.14. The van der Waals surface area contributed by atoms with Gasteiger partial charge in [0.15, 0.2) is 0 Å². The van der Waals surface area contributed by atoms with Crippen LogP contribution in [0.5, 0.6) is 5.75 Å². The van der Waals surface area contributed by atoms with Gasteiger partial charge < -0.3 is 43.4 Å². The molecule has 174 valence electrons. The lowest BCUT2D eigenvalue weighted by Gasteiger charge is -2.11. The van der Waals surface area contributed by atoms with E-state index in [9.17, 15) is 5.11 Å². The van der Waals surface area contributed by atoms with Gasteiger partial charge in [-0.15, -0.1) is 0 Å². The Labute approximate surface area is 178 Å². The number of aliphatic hydroxyl groups is 2. The summed E-state index contributed by atoms with van der Waals surface area (Å²) < 4.78 is 37.4. The lowest BCUT2D eigenvalue weighted by Crippen LogP contribution is -2.23. The zero-order chi connectivity index (χ0) is 21.5. The minimum atomic E-state index is -0.701. The van der Waals surface area contributed by atoms with E-state index in [1.165, 1.54) is 0 Å². The van der Waals surface area contributed by atoms with Gasteiger partial charge in [0.1, 0.15) is 18.5 Å². The maximum Gasteiger partial charge on any atom is 0.119 e. The fourth-order valence-electron chi connectivity index (χ4n) is 2.17. The minimum absolute atomic E-state index is 0.0601. The lowest BCUT2D eigenvalue weighted by atomic mass is 10.3. The van der Waals surface area contributed by atoms with Gasteiger partial charge in [0.25, 0.3) is 0 Å². The third-order valence-electron chi connectivity index (χ3n) is 3.58. The molecular formula is C21H36O9. The fourth-order valence-corrected chi connectivity index (χ4v) is 2.17. The van der Waals surface area contributed by atoms with E-state index in [0.29, 0.717) is 66.1 Å². The Balaban J connectivity index is 1.70. The molecule has 1 unspecified atom stereocenters. The SMILES string of the molecule is OCCOCC(O)COCCOCCOCCOCCOCCOc1ccccc1. The molecule has 1 rings (SSSR count). The van der Waals surface area contributed by atoms with Crippen molar-refractivity contribution in [1.29, 1.82) is 0 Å². The van der Waals surface area contributed by atoms with Gasteiger partial charge in [-0.2, -0.15) is 0 Å². The molecule has 0 saturated carbocycles. The van der Waals surface area contributed by atoms with Crippen LogP contribution in [0.15, 0.2) is 30.3 Å². The fraction of sp³-hybridized carbons (Fsp3) is 0.714. The zero-order valence-electron chi connectivity index (χ0n) is 17.6. The first-order valence-electron chi connectivity index (χ1n) is 10.3. The van der Waals surface area contributed by atoms with Gasteiger partial charge in [0, 0.05) is 0 Å². The quantitative estimate of drug-likeness (QED) is 0.254. The molecule has 9 nitrogen and oxygen atoms in total. The molecular weight excluding hydrogens is 396 g/mol. The van der Waals surface area contributed by atoms with Crippen LogP contribution in [-0.4, -0.2) is 109 Å². The summed E-state index contributed by atoms with van der Waals surface area (Å²) in [6.45, 7) is 5.29. The van der Waals surface area contributed by atoms with Crippen molar-refractivity contribution < 1.29 is 43.4 Å². The molecule has 9 heteroatoms. The average Bonchev–Trinajstić information content (AvgIpc) is 2.77. The van der Waals surface area contributed by atoms with Crippen molar-refractivity contribution in [1.82, 2.24) is 0 Å². The molecule has 0 aliphatic heterocycles. The molecule has 0 fully saturated rings. The summed E-state index contributed by atoms with van der Waals surface area (Å²) in [5.74, 6) is 0.838. The van der Waals surface area contributed by atoms with Crippen molar-refractivity contribution in [3.8, 4) is 5.75 Å². The van der Waals surface area contributed by atoms with Crippen molar-refractivity contribution in [3.05, 3.63) is 30.3 Å². The molecule has 0 aliphatic carbocycles. The monoisotopic (exact) mass is 432 g/mol. The molecule has 30 heavy (non-hydrogen) atoms. The predicted molar refractivity (Wildman–Crippen MR) is 110 cm³/mol. The molecule has 1 aromatic rings. The number of hydrogen-bond acceptors (Lipinski definition) is 9. The number of para-hydroxylation sites is 1. The molecule has 0 heterocycles. The van der Waals surface area contributed by atoms with Crippen molar-refractivity contribution in [2.24, 2.45) is 0 Å². The van der Waals surface area contributed by atoms with Crippen LogP contribution in [0.2, 0.25) is 0 Å². The van der Waals surface area contributed by atoms with Gasteiger partial charge in [0.05, 0.1) is 85.9 Å². The number of ether oxygens (including phenoxy) is 7. The van der Waals surface area contributed by atoms with Gasteiger partial charge >= 0.3 is 0 Å². The summed E-state index contributed by atoms with van der Waals surface area (Å²) in [4.78, 5) is 0. The van der Waals surface area contributed by atoms with Crippen molar-refractivity contribution in [2.75, 3.05) is 92.5 Å². The van der Waals surface area contributed by atoms with Crippen LogP contribution in [0.1, 0.15) is 0 Å². The molecule has 0 saturated heterocycles. The molecule has 1 atom stereocenters. The van der Waals surface area contributed by atoms with Gasteiger partial charge in [-0.1, -0.05) is 18.2 Å². The molecule has 0 amide bonds. The van der Waals surface area contributed by atoms with Crippen molar-refractivity contribution in [3.63, 3.8) is 0 Å². The highest BCUT2D eigenvalue weighted by Crippen LogP contribution is 2.07. The topological polar surface area (TPSA) is 105 Å². The summed E-state index contributed by atoms with van der Waals surface area (Å²) in [7, 11) is 0. The van der Waals surface area contributed by atoms with E-state index in [1.807, 2.05) is 30.3 Å². The van der Waals surface area contributed by atoms with Gasteiger partial charge in [-0.05, 0) is 12.1 Å². The van der Waals surface area contributed by atoms with Crippen LogP contribution in [0.25, 0.3) is 0 Å². The third-order valence-corrected chi connectivity index (χ3v) is 3.58.